The molecule has 11 aromatic rings. The lowest BCUT2D eigenvalue weighted by Gasteiger charge is -2.11. The molecule has 0 N–H and O–H groups in total. The molecule has 0 bridgehead atoms. The summed E-state index contributed by atoms with van der Waals surface area (Å²) in [5, 5.41) is 4.67. The number of rotatable bonds is 4. The molecule has 11 rings (SSSR count). The maximum Gasteiger partial charge on any atom is 0.0651 e. The quantitative estimate of drug-likeness (QED) is 0.176. The Morgan fingerprint density at radius 3 is 2.18 bits per heavy atom. The molecule has 3 heterocycles. The van der Waals surface area contributed by atoms with Crippen molar-refractivity contribution >= 4 is 75.1 Å². The van der Waals surface area contributed by atoms with Crippen molar-refractivity contribution in [1.82, 2.24) is 9.13 Å². The van der Waals surface area contributed by atoms with Crippen molar-refractivity contribution in [1.29, 1.82) is 0 Å². The zero-order chi connectivity index (χ0) is 41.3. The summed E-state index contributed by atoms with van der Waals surface area (Å²) >= 11 is 1.76. The van der Waals surface area contributed by atoms with Crippen molar-refractivity contribution in [2.45, 2.75) is 0 Å². The van der Waals surface area contributed by atoms with Gasteiger partial charge in [0.15, 0.2) is 0 Å². The zero-order valence-corrected chi connectivity index (χ0v) is 27.7. The lowest BCUT2D eigenvalue weighted by Crippen LogP contribution is -1.94. The van der Waals surface area contributed by atoms with Gasteiger partial charge in [-0.25, -0.2) is 0 Å². The fourth-order valence-electron chi connectivity index (χ4n) is 7.50. The third-order valence-corrected chi connectivity index (χ3v) is 11.0. The van der Waals surface area contributed by atoms with E-state index in [-0.39, 0.29) is 87.4 Å². The topological polar surface area (TPSA) is 9.86 Å². The number of para-hydroxylation sites is 2. The number of thiophene rings is 1. The van der Waals surface area contributed by atoms with Crippen LogP contribution in [0.3, 0.4) is 0 Å². The van der Waals surface area contributed by atoms with Gasteiger partial charge in [-0.15, -0.1) is 11.3 Å². The van der Waals surface area contributed by atoms with Crippen LogP contribution in [-0.4, -0.2) is 9.13 Å². The zero-order valence-electron chi connectivity index (χ0n) is 35.9. The normalized spacial score (nSPS) is 14.4. The van der Waals surface area contributed by atoms with Gasteiger partial charge in [-0.3, -0.25) is 0 Å². The summed E-state index contributed by atoms with van der Waals surface area (Å²) in [5.41, 5.74) is 5.09. The first kappa shape index (κ1) is 20.9. The van der Waals surface area contributed by atoms with E-state index in [1.807, 2.05) is 30.3 Å². The number of benzene rings is 8. The van der Waals surface area contributed by atoms with Gasteiger partial charge in [-0.05, 0) is 82.8 Å². The molecule has 0 amide bonds. The van der Waals surface area contributed by atoms with Crippen LogP contribution in [0.5, 0.6) is 0 Å². The van der Waals surface area contributed by atoms with Crippen molar-refractivity contribution in [3.8, 4) is 33.6 Å². The van der Waals surface area contributed by atoms with E-state index in [1.54, 1.807) is 41.7 Å². The minimum atomic E-state index is -0.231. The maximum atomic E-state index is 9.81. The second-order valence-electron chi connectivity index (χ2n) is 12.6. The number of hydrogen-bond donors (Lipinski definition) is 0. The van der Waals surface area contributed by atoms with E-state index in [0.29, 0.717) is 16.7 Å². The van der Waals surface area contributed by atoms with Crippen molar-refractivity contribution in [2.75, 3.05) is 0 Å². The van der Waals surface area contributed by atoms with Gasteiger partial charge in [-0.1, -0.05) is 121 Å². The monoisotopic (exact) mass is 675 g/mol. The molecule has 0 unspecified atom stereocenters. The molecule has 0 fully saturated rings. The first-order chi connectivity index (χ1) is 29.0. The molecule has 0 atom stereocenters. The molecule has 51 heavy (non-hydrogen) atoms. The molecule has 3 aromatic heterocycles. The molecular formula is C48H30N2S. The summed E-state index contributed by atoms with van der Waals surface area (Å²) in [6.07, 6.45) is 0. The third-order valence-electron chi connectivity index (χ3n) is 9.77. The smallest absolute Gasteiger partial charge is 0.0651 e. The molecule has 8 aromatic carbocycles. The Kier molecular flexibility index (Phi) is 4.54. The van der Waals surface area contributed by atoms with Gasteiger partial charge in [0, 0.05) is 42.7 Å². The van der Waals surface area contributed by atoms with E-state index >= 15 is 0 Å². The molecule has 0 saturated carbocycles. The van der Waals surface area contributed by atoms with E-state index in [4.69, 9.17) is 8.22 Å². The van der Waals surface area contributed by atoms with Crippen LogP contribution >= 0.6 is 11.3 Å². The summed E-state index contributed by atoms with van der Waals surface area (Å²) in [6, 6.07) is 38.7. The molecule has 0 saturated heterocycles. The number of nitrogens with zero attached hydrogens (tertiary/aromatic N) is 2. The highest BCUT2D eigenvalue weighted by atomic mass is 32.1. The number of fused-ring (bicyclic) bond motifs is 9. The molecule has 0 aliphatic rings. The van der Waals surface area contributed by atoms with Gasteiger partial charge < -0.3 is 9.13 Å². The Hall–Kier alpha value is -6.42. The Bertz CT molecular complexity index is 3660. The molecule has 0 spiro atoms. The average molecular weight is 676 g/mol. The largest absolute Gasteiger partial charge is 0.309 e. The predicted octanol–water partition coefficient (Wildman–Crippen LogP) is 13.6. The molecular weight excluding hydrogens is 637 g/mol. The van der Waals surface area contributed by atoms with Gasteiger partial charge in [0.25, 0.3) is 0 Å². The van der Waals surface area contributed by atoms with Crippen LogP contribution in [0.4, 0.5) is 0 Å². The first-order valence-electron chi connectivity index (χ1n) is 21.2. The Balaban J connectivity index is 1.18. The van der Waals surface area contributed by atoms with Gasteiger partial charge in [0.2, 0.25) is 0 Å². The van der Waals surface area contributed by atoms with E-state index in [9.17, 15) is 4.11 Å². The van der Waals surface area contributed by atoms with Crippen LogP contribution < -0.4 is 0 Å². The van der Waals surface area contributed by atoms with E-state index in [1.165, 1.54) is 36.9 Å². The molecule has 238 valence electrons. The highest BCUT2D eigenvalue weighted by Crippen LogP contribution is 2.42. The summed E-state index contributed by atoms with van der Waals surface area (Å²) in [7, 11) is 0. The molecule has 0 radical (unpaired) electrons. The van der Waals surface area contributed by atoms with Crippen LogP contribution in [0.25, 0.3) is 97.4 Å². The van der Waals surface area contributed by atoms with Crippen molar-refractivity contribution < 1.29 is 12.3 Å². The fourth-order valence-corrected chi connectivity index (χ4v) is 8.70. The van der Waals surface area contributed by atoms with Crippen LogP contribution in [-0.2, 0) is 0 Å². The Morgan fingerprint density at radius 1 is 0.412 bits per heavy atom. The Morgan fingerprint density at radius 2 is 1.24 bits per heavy atom. The molecule has 0 aliphatic heterocycles. The SMILES string of the molecule is [2H]c1ccc(-c2c([2H])cc([2H])c(-n3c4c([2H])cc([2H])c([2H])c4c4c([2H])c(-c5ccc6c(c5)c5ccccc5n6-c5cccc6c5sc5ccccc56)cc([2H])c43)c2[2H])cc1. The van der Waals surface area contributed by atoms with E-state index < -0.39 is 0 Å². The minimum Gasteiger partial charge on any atom is -0.309 e. The van der Waals surface area contributed by atoms with Crippen LogP contribution in [0.1, 0.15) is 12.3 Å². The summed E-state index contributed by atoms with van der Waals surface area (Å²) < 4.78 is 87.6. The second-order valence-corrected chi connectivity index (χ2v) is 13.6. The van der Waals surface area contributed by atoms with Gasteiger partial charge in [0.1, 0.15) is 0 Å². The summed E-state index contributed by atoms with van der Waals surface area (Å²) in [5.74, 6) is 0. The van der Waals surface area contributed by atoms with Crippen molar-refractivity contribution in [2.24, 2.45) is 0 Å². The van der Waals surface area contributed by atoms with Crippen LogP contribution in [0.2, 0.25) is 0 Å². The second kappa shape index (κ2) is 11.0. The highest BCUT2D eigenvalue weighted by molar-refractivity contribution is 7.26. The molecule has 3 heteroatoms. The third kappa shape index (κ3) is 4.29. The standard InChI is InChI=1S/C48H30N2S/c1-2-12-31(13-3-1)32-14-10-15-35(28-32)49-42-20-7-4-16-36(42)40-29-33(24-26-44(40)49)34-25-27-45-41(30-34)37-17-5-8-21-43(37)50(45)46-22-11-19-39-38-18-6-9-23-47(38)51-48(39)46/h1-30H/i1D,4D,14D,15D,16D,20D,26D,28D,29D. The van der Waals surface area contributed by atoms with Gasteiger partial charge in [0.05, 0.1) is 44.8 Å². The van der Waals surface area contributed by atoms with E-state index in [2.05, 4.69) is 59.2 Å². The average Bonchev–Trinajstić information content (AvgIpc) is 3.91. The van der Waals surface area contributed by atoms with Crippen molar-refractivity contribution in [3.05, 3.63) is 182 Å². The van der Waals surface area contributed by atoms with Crippen LogP contribution in [0.15, 0.2) is 182 Å². The predicted molar refractivity (Wildman–Crippen MR) is 219 cm³/mol. The van der Waals surface area contributed by atoms with Gasteiger partial charge in [-0.2, -0.15) is 0 Å². The first-order valence-corrected chi connectivity index (χ1v) is 17.5. The minimum absolute atomic E-state index is 0.00915. The molecule has 2 nitrogen and oxygen atoms in total. The lowest BCUT2D eigenvalue weighted by molar-refractivity contribution is 1.18. The fraction of sp³-hybridized carbons (Fsp3) is 0. The van der Waals surface area contributed by atoms with Crippen molar-refractivity contribution in [3.63, 3.8) is 0 Å². The highest BCUT2D eigenvalue weighted by Gasteiger charge is 2.18. The number of hydrogen-bond acceptors (Lipinski definition) is 1. The summed E-state index contributed by atoms with van der Waals surface area (Å²) in [6.45, 7) is 0. The van der Waals surface area contributed by atoms with E-state index in [0.717, 1.165) is 27.5 Å². The number of aromatic nitrogens is 2. The lowest BCUT2D eigenvalue weighted by atomic mass is 10.0. The molecule has 0 aliphatic carbocycles. The summed E-state index contributed by atoms with van der Waals surface area (Å²) in [4.78, 5) is 0. The van der Waals surface area contributed by atoms with Crippen LogP contribution in [0, 0.1) is 0 Å². The maximum absolute atomic E-state index is 9.81. The Labute approximate surface area is 311 Å². The van der Waals surface area contributed by atoms with Gasteiger partial charge >= 0.3 is 0 Å².